The Labute approximate surface area is 225 Å². The second kappa shape index (κ2) is 10.5. The Hall–Kier alpha value is -3.22. The summed E-state index contributed by atoms with van der Waals surface area (Å²) >= 11 is 0. The van der Waals surface area contributed by atoms with Crippen molar-refractivity contribution in [2.45, 2.75) is 57.0 Å². The van der Waals surface area contributed by atoms with Crippen molar-refractivity contribution in [1.82, 2.24) is 9.47 Å². The van der Waals surface area contributed by atoms with E-state index < -0.39 is 9.84 Å². The Morgan fingerprint density at radius 2 is 1.45 bits per heavy atom. The van der Waals surface area contributed by atoms with Gasteiger partial charge in [0.2, 0.25) is 0 Å². The smallest absolute Gasteiger partial charge is 0.258 e. The van der Waals surface area contributed by atoms with Gasteiger partial charge in [0.25, 0.3) is 5.56 Å². The number of pyridine rings is 1. The predicted molar refractivity (Wildman–Crippen MR) is 157 cm³/mol. The van der Waals surface area contributed by atoms with E-state index in [1.165, 1.54) is 24.7 Å². The van der Waals surface area contributed by atoms with Gasteiger partial charge in [0.1, 0.15) is 0 Å². The van der Waals surface area contributed by atoms with Gasteiger partial charge in [0.05, 0.1) is 10.4 Å². The summed E-state index contributed by atoms with van der Waals surface area (Å²) in [5.41, 5.74) is 5.78. The normalized spacial score (nSPS) is 15.4. The Bertz CT molecular complexity index is 1610. The lowest BCUT2D eigenvalue weighted by atomic mass is 9.88. The molecule has 4 aromatic rings. The SMILES string of the molecule is CCn1c(=O)c(-c2ccc(S(C)(=O)=O)cc2)cc2cc(-c3ccc(C4CCN(C(C)C)CC4)cc3)ccc21. The van der Waals surface area contributed by atoms with Crippen LogP contribution in [0.2, 0.25) is 0 Å². The number of nitrogens with zero attached hydrogens (tertiary/aromatic N) is 2. The van der Waals surface area contributed by atoms with Crippen LogP contribution in [-0.4, -0.2) is 43.3 Å². The van der Waals surface area contributed by atoms with Crippen LogP contribution < -0.4 is 5.56 Å². The number of benzene rings is 3. The van der Waals surface area contributed by atoms with Crippen LogP contribution in [0.1, 0.15) is 45.1 Å². The molecule has 0 atom stereocenters. The fourth-order valence-electron chi connectivity index (χ4n) is 5.67. The van der Waals surface area contributed by atoms with E-state index in [1.54, 1.807) is 28.8 Å². The van der Waals surface area contributed by atoms with Gasteiger partial charge in [0.15, 0.2) is 9.84 Å². The van der Waals surface area contributed by atoms with Crippen LogP contribution in [0.5, 0.6) is 0 Å². The van der Waals surface area contributed by atoms with Crippen molar-refractivity contribution in [3.05, 3.63) is 88.7 Å². The van der Waals surface area contributed by atoms with E-state index in [4.69, 9.17) is 0 Å². The summed E-state index contributed by atoms with van der Waals surface area (Å²) in [6, 6.07) is 24.3. The van der Waals surface area contributed by atoms with E-state index >= 15 is 0 Å². The fraction of sp³-hybridized carbons (Fsp3) is 0.344. The van der Waals surface area contributed by atoms with E-state index in [0.29, 0.717) is 29.6 Å². The lowest BCUT2D eigenvalue weighted by molar-refractivity contribution is 0.172. The zero-order valence-electron chi connectivity index (χ0n) is 22.6. The molecule has 0 unspecified atom stereocenters. The van der Waals surface area contributed by atoms with E-state index in [-0.39, 0.29) is 10.5 Å². The summed E-state index contributed by atoms with van der Waals surface area (Å²) in [6.45, 7) is 9.39. The molecule has 3 aromatic carbocycles. The largest absolute Gasteiger partial charge is 0.308 e. The first-order chi connectivity index (χ1) is 18.2. The molecule has 2 heterocycles. The minimum Gasteiger partial charge on any atom is -0.308 e. The molecule has 0 spiro atoms. The standard InChI is InChI=1S/C32H36N2O3S/c1-5-34-31-15-12-27(24-8-6-23(7-9-24)25-16-18-33(19-17-25)22(2)3)20-28(31)21-30(32(34)35)26-10-13-29(14-11-26)38(4,36)37/h6-15,20-22,25H,5,16-19H2,1-4H3. The second-order valence-corrected chi connectivity index (χ2v) is 12.7. The minimum absolute atomic E-state index is 0.0762. The van der Waals surface area contributed by atoms with Gasteiger partial charge in [-0.3, -0.25) is 4.79 Å². The van der Waals surface area contributed by atoms with Crippen LogP contribution in [0.25, 0.3) is 33.2 Å². The summed E-state index contributed by atoms with van der Waals surface area (Å²) in [6.07, 6.45) is 3.59. The van der Waals surface area contributed by atoms with Crippen molar-refractivity contribution in [2.75, 3.05) is 19.3 Å². The van der Waals surface area contributed by atoms with Gasteiger partial charge >= 0.3 is 0 Å². The maximum atomic E-state index is 13.3. The van der Waals surface area contributed by atoms with E-state index in [2.05, 4.69) is 55.1 Å². The number of piperidine rings is 1. The van der Waals surface area contributed by atoms with Gasteiger partial charge in [-0.25, -0.2) is 8.42 Å². The lowest BCUT2D eigenvalue weighted by Crippen LogP contribution is -2.37. The average molecular weight is 529 g/mol. The summed E-state index contributed by atoms with van der Waals surface area (Å²) in [5, 5.41) is 0.983. The van der Waals surface area contributed by atoms with E-state index in [9.17, 15) is 13.2 Å². The molecule has 0 N–H and O–H groups in total. The quantitative estimate of drug-likeness (QED) is 0.293. The second-order valence-electron chi connectivity index (χ2n) is 10.7. The van der Waals surface area contributed by atoms with Crippen molar-refractivity contribution in [3.8, 4) is 22.3 Å². The molecule has 5 nitrogen and oxygen atoms in total. The van der Waals surface area contributed by atoms with Crippen molar-refractivity contribution >= 4 is 20.7 Å². The number of hydrogen-bond donors (Lipinski definition) is 0. The first-order valence-corrected chi connectivity index (χ1v) is 15.4. The average Bonchev–Trinajstić information content (AvgIpc) is 2.92. The minimum atomic E-state index is -3.30. The van der Waals surface area contributed by atoms with Crippen LogP contribution in [0, 0.1) is 0 Å². The van der Waals surface area contributed by atoms with E-state index in [1.807, 2.05) is 19.1 Å². The number of sulfone groups is 1. The van der Waals surface area contributed by atoms with Crippen LogP contribution in [0.15, 0.2) is 82.5 Å². The molecule has 6 heteroatoms. The highest BCUT2D eigenvalue weighted by Crippen LogP contribution is 2.32. The maximum Gasteiger partial charge on any atom is 0.258 e. The van der Waals surface area contributed by atoms with Gasteiger partial charge in [-0.1, -0.05) is 42.5 Å². The molecule has 0 saturated carbocycles. The van der Waals surface area contributed by atoms with Gasteiger partial charge < -0.3 is 9.47 Å². The Kier molecular flexibility index (Phi) is 7.30. The molecule has 38 heavy (non-hydrogen) atoms. The summed E-state index contributed by atoms with van der Waals surface area (Å²) < 4.78 is 25.5. The molecule has 0 aliphatic carbocycles. The number of aryl methyl sites for hydroxylation is 1. The molecular formula is C32H36N2O3S. The van der Waals surface area contributed by atoms with Gasteiger partial charge in [0, 0.05) is 24.4 Å². The van der Waals surface area contributed by atoms with Crippen molar-refractivity contribution in [2.24, 2.45) is 0 Å². The van der Waals surface area contributed by atoms with Crippen LogP contribution in [0.3, 0.4) is 0 Å². The predicted octanol–water partition coefficient (Wildman–Crippen LogP) is 6.35. The third-order valence-corrected chi connectivity index (χ3v) is 9.11. The highest BCUT2D eigenvalue weighted by atomic mass is 32.2. The first kappa shape index (κ1) is 26.4. The van der Waals surface area contributed by atoms with Gasteiger partial charge in [-0.05, 0) is 111 Å². The van der Waals surface area contributed by atoms with Crippen LogP contribution in [0.4, 0.5) is 0 Å². The summed E-state index contributed by atoms with van der Waals surface area (Å²) in [4.78, 5) is 16.1. The number of fused-ring (bicyclic) bond motifs is 1. The van der Waals surface area contributed by atoms with E-state index in [0.717, 1.165) is 35.1 Å². The molecule has 0 amide bonds. The number of aromatic nitrogens is 1. The zero-order valence-corrected chi connectivity index (χ0v) is 23.5. The molecule has 0 bridgehead atoms. The molecule has 0 radical (unpaired) electrons. The van der Waals surface area contributed by atoms with Gasteiger partial charge in [-0.15, -0.1) is 0 Å². The molecule has 1 aliphatic rings. The van der Waals surface area contributed by atoms with Crippen molar-refractivity contribution in [3.63, 3.8) is 0 Å². The number of hydrogen-bond acceptors (Lipinski definition) is 4. The molecular weight excluding hydrogens is 492 g/mol. The Morgan fingerprint density at radius 1 is 0.842 bits per heavy atom. The lowest BCUT2D eigenvalue weighted by Gasteiger charge is -2.34. The molecule has 1 fully saturated rings. The van der Waals surface area contributed by atoms with Crippen LogP contribution in [-0.2, 0) is 16.4 Å². The monoisotopic (exact) mass is 528 g/mol. The Morgan fingerprint density at radius 3 is 2.03 bits per heavy atom. The molecule has 1 aliphatic heterocycles. The third kappa shape index (κ3) is 5.20. The number of likely N-dealkylation sites (tertiary alicyclic amines) is 1. The third-order valence-electron chi connectivity index (χ3n) is 7.98. The molecule has 5 rings (SSSR count). The van der Waals surface area contributed by atoms with Crippen LogP contribution >= 0.6 is 0 Å². The summed E-state index contributed by atoms with van der Waals surface area (Å²) in [5.74, 6) is 0.617. The van der Waals surface area contributed by atoms with Crippen molar-refractivity contribution < 1.29 is 8.42 Å². The molecule has 1 saturated heterocycles. The van der Waals surface area contributed by atoms with Gasteiger partial charge in [-0.2, -0.15) is 0 Å². The highest BCUT2D eigenvalue weighted by molar-refractivity contribution is 7.90. The number of rotatable bonds is 6. The zero-order chi connectivity index (χ0) is 27.0. The molecule has 198 valence electrons. The molecule has 1 aromatic heterocycles. The fourth-order valence-corrected chi connectivity index (χ4v) is 6.30. The van der Waals surface area contributed by atoms with Crippen molar-refractivity contribution in [1.29, 1.82) is 0 Å². The highest BCUT2D eigenvalue weighted by Gasteiger charge is 2.22. The first-order valence-electron chi connectivity index (χ1n) is 13.5. The topological polar surface area (TPSA) is 59.4 Å². The Balaban J connectivity index is 1.47. The summed E-state index contributed by atoms with van der Waals surface area (Å²) in [7, 11) is -3.30. The maximum absolute atomic E-state index is 13.3.